The highest BCUT2D eigenvalue weighted by Gasteiger charge is 2.18. The largest absolute Gasteiger partial charge is 0.548 e. The van der Waals surface area contributed by atoms with Gasteiger partial charge in [-0.15, -0.1) is 11.3 Å². The van der Waals surface area contributed by atoms with Gasteiger partial charge >= 0.3 is 0 Å². The van der Waals surface area contributed by atoms with Gasteiger partial charge in [-0.05, 0) is 25.3 Å². The van der Waals surface area contributed by atoms with Crippen LogP contribution in [0.4, 0.5) is 5.82 Å². The lowest BCUT2D eigenvalue weighted by Gasteiger charge is -2.24. The molecule has 0 spiro atoms. The first-order valence-corrected chi connectivity index (χ1v) is 7.48. The summed E-state index contributed by atoms with van der Waals surface area (Å²) in [4.78, 5) is 22.1. The summed E-state index contributed by atoms with van der Waals surface area (Å²) in [5, 5.41) is 15.1. The molecule has 0 saturated heterocycles. The van der Waals surface area contributed by atoms with Crippen LogP contribution >= 0.6 is 11.3 Å². The number of aromatic nitrogens is 2. The molecule has 20 heavy (non-hydrogen) atoms. The quantitative estimate of drug-likeness (QED) is 0.908. The molecule has 0 amide bonds. The Kier molecular flexibility index (Phi) is 4.23. The van der Waals surface area contributed by atoms with Gasteiger partial charge in [-0.25, -0.2) is 9.97 Å². The molecule has 0 aromatic carbocycles. The Morgan fingerprint density at radius 3 is 2.70 bits per heavy atom. The molecule has 2 aromatic heterocycles. The summed E-state index contributed by atoms with van der Waals surface area (Å²) in [5.41, 5.74) is 0. The van der Waals surface area contributed by atoms with Gasteiger partial charge in [0.2, 0.25) is 0 Å². The molecule has 0 aliphatic heterocycles. The van der Waals surface area contributed by atoms with E-state index in [0.29, 0.717) is 11.6 Å². The maximum absolute atomic E-state index is 11.2. The fourth-order valence-corrected chi connectivity index (χ4v) is 3.02. The summed E-state index contributed by atoms with van der Waals surface area (Å²) in [6.45, 7) is 7.56. The molecular weight excluding hydrogens is 274 g/mol. The number of nitrogens with zero attached hydrogens (tertiary/aromatic N) is 2. The molecule has 0 unspecified atom stereocenters. The number of rotatable bonds is 5. The highest BCUT2D eigenvalue weighted by Crippen LogP contribution is 2.30. The number of carboxylic acids is 1. The van der Waals surface area contributed by atoms with E-state index in [-0.39, 0.29) is 5.92 Å². The molecule has 1 N–H and O–H groups in total. The van der Waals surface area contributed by atoms with Gasteiger partial charge in [0.15, 0.2) is 0 Å². The van der Waals surface area contributed by atoms with E-state index >= 15 is 0 Å². The van der Waals surface area contributed by atoms with Crippen molar-refractivity contribution < 1.29 is 9.90 Å². The van der Waals surface area contributed by atoms with Crippen molar-refractivity contribution in [2.24, 2.45) is 5.92 Å². The van der Waals surface area contributed by atoms with Crippen molar-refractivity contribution in [2.45, 2.75) is 40.2 Å². The van der Waals surface area contributed by atoms with Crippen molar-refractivity contribution in [2.75, 3.05) is 5.32 Å². The fraction of sp³-hybridized carbons (Fsp3) is 0.500. The van der Waals surface area contributed by atoms with Crippen molar-refractivity contribution in [3.63, 3.8) is 0 Å². The number of nitrogens with one attached hydrogen (secondary N) is 1. The van der Waals surface area contributed by atoms with Crippen molar-refractivity contribution in [3.8, 4) is 0 Å². The van der Waals surface area contributed by atoms with Crippen LogP contribution in [0.25, 0.3) is 10.2 Å². The summed E-state index contributed by atoms with van der Waals surface area (Å²) < 4.78 is 0. The Bertz CT molecular complexity index is 637. The number of hydrogen-bond acceptors (Lipinski definition) is 6. The van der Waals surface area contributed by atoms with Crippen LogP contribution in [-0.4, -0.2) is 22.0 Å². The zero-order valence-electron chi connectivity index (χ0n) is 12.1. The van der Waals surface area contributed by atoms with E-state index in [1.807, 2.05) is 19.9 Å². The number of aryl methyl sites for hydroxylation is 2. The Morgan fingerprint density at radius 2 is 2.15 bits per heavy atom. The maximum atomic E-state index is 11.2. The molecule has 6 heteroatoms. The number of fused-ring (bicyclic) bond motifs is 1. The number of carbonyl (C=O) groups excluding carboxylic acids is 1. The Labute approximate surface area is 122 Å². The number of carboxylic acid groups (broad SMARTS) is 1. The molecule has 2 rings (SSSR count). The third kappa shape index (κ3) is 2.90. The molecular formula is C14H18N3O2S-. The van der Waals surface area contributed by atoms with E-state index in [1.165, 1.54) is 4.88 Å². The number of anilines is 1. The van der Waals surface area contributed by atoms with Gasteiger partial charge in [-0.3, -0.25) is 0 Å². The minimum absolute atomic E-state index is 0.0883. The zero-order chi connectivity index (χ0) is 14.9. The van der Waals surface area contributed by atoms with Gasteiger partial charge in [0.05, 0.1) is 17.4 Å². The average Bonchev–Trinajstić information content (AvgIpc) is 2.77. The third-order valence-corrected chi connectivity index (χ3v) is 4.29. The second-order valence-corrected chi connectivity index (χ2v) is 6.20. The van der Waals surface area contributed by atoms with Gasteiger partial charge in [-0.1, -0.05) is 20.8 Å². The molecule has 1 atom stereocenters. The van der Waals surface area contributed by atoms with Crippen molar-refractivity contribution >= 4 is 33.3 Å². The van der Waals surface area contributed by atoms with E-state index < -0.39 is 12.0 Å². The minimum Gasteiger partial charge on any atom is -0.548 e. The van der Waals surface area contributed by atoms with Crippen LogP contribution in [0.3, 0.4) is 0 Å². The standard InChI is InChI=1S/C14H19N3O2S/c1-5-9-6-10-12(15-8(4)16-13(10)20-9)17-11(7(2)3)14(18)19/h6-7,11H,5H2,1-4H3,(H,18,19)(H,15,16,17)/p-1/t11-/m0/s1. The average molecular weight is 292 g/mol. The zero-order valence-corrected chi connectivity index (χ0v) is 12.9. The van der Waals surface area contributed by atoms with Gasteiger partial charge in [-0.2, -0.15) is 0 Å². The lowest BCUT2D eigenvalue weighted by atomic mass is 10.0. The second-order valence-electron chi connectivity index (χ2n) is 5.09. The number of aliphatic carboxylic acids is 1. The summed E-state index contributed by atoms with van der Waals surface area (Å²) in [7, 11) is 0. The molecule has 108 valence electrons. The first kappa shape index (κ1) is 14.7. The minimum atomic E-state index is -1.12. The topological polar surface area (TPSA) is 77.9 Å². The molecule has 5 nitrogen and oxygen atoms in total. The highest BCUT2D eigenvalue weighted by molar-refractivity contribution is 7.18. The van der Waals surface area contributed by atoms with E-state index in [2.05, 4.69) is 22.2 Å². The van der Waals surface area contributed by atoms with E-state index in [1.54, 1.807) is 18.3 Å². The van der Waals surface area contributed by atoms with Crippen molar-refractivity contribution in [3.05, 3.63) is 16.8 Å². The van der Waals surface area contributed by atoms with Crippen LogP contribution < -0.4 is 10.4 Å². The highest BCUT2D eigenvalue weighted by atomic mass is 32.1. The lowest BCUT2D eigenvalue weighted by molar-refractivity contribution is -0.307. The molecule has 2 heterocycles. The van der Waals surface area contributed by atoms with Gasteiger partial charge in [0.25, 0.3) is 0 Å². The summed E-state index contributed by atoms with van der Waals surface area (Å²) in [5.74, 6) is 0.00155. The first-order valence-electron chi connectivity index (χ1n) is 6.66. The molecule has 0 radical (unpaired) electrons. The fourth-order valence-electron chi connectivity index (χ4n) is 2.01. The normalized spacial score (nSPS) is 12.8. The summed E-state index contributed by atoms with van der Waals surface area (Å²) >= 11 is 1.62. The van der Waals surface area contributed by atoms with Crippen LogP contribution in [0.5, 0.6) is 0 Å². The summed E-state index contributed by atoms with van der Waals surface area (Å²) in [6.07, 6.45) is 0.924. The third-order valence-electron chi connectivity index (χ3n) is 3.12. The number of carbonyl (C=O) groups is 1. The van der Waals surface area contributed by atoms with Crippen LogP contribution in [0.15, 0.2) is 6.07 Å². The second kappa shape index (κ2) is 5.75. The molecule has 2 aromatic rings. The smallest absolute Gasteiger partial charge is 0.139 e. The van der Waals surface area contributed by atoms with Gasteiger partial charge in [0.1, 0.15) is 16.5 Å². The van der Waals surface area contributed by atoms with Crippen LogP contribution in [-0.2, 0) is 11.2 Å². The molecule has 0 fully saturated rings. The Balaban J connectivity index is 2.47. The SMILES string of the molecule is CCc1cc2c(N[C@H](C(=O)[O-])C(C)C)nc(C)nc2s1. The maximum Gasteiger partial charge on any atom is 0.139 e. The van der Waals surface area contributed by atoms with Gasteiger partial charge < -0.3 is 15.2 Å². The van der Waals surface area contributed by atoms with Crippen LogP contribution in [0.1, 0.15) is 31.5 Å². The molecule has 0 bridgehead atoms. The van der Waals surface area contributed by atoms with Crippen molar-refractivity contribution in [1.82, 2.24) is 9.97 Å². The first-order chi connectivity index (χ1) is 9.42. The number of thiophene rings is 1. The van der Waals surface area contributed by atoms with Crippen molar-refractivity contribution in [1.29, 1.82) is 0 Å². The van der Waals surface area contributed by atoms with E-state index in [4.69, 9.17) is 0 Å². The number of hydrogen-bond donors (Lipinski definition) is 1. The van der Waals surface area contributed by atoms with E-state index in [9.17, 15) is 9.90 Å². The lowest BCUT2D eigenvalue weighted by Crippen LogP contribution is -2.44. The van der Waals surface area contributed by atoms with Gasteiger partial charge in [0, 0.05) is 4.88 Å². The van der Waals surface area contributed by atoms with Crippen LogP contribution in [0.2, 0.25) is 0 Å². The monoisotopic (exact) mass is 292 g/mol. The molecule has 0 aliphatic carbocycles. The molecule has 0 saturated carbocycles. The predicted octanol–water partition coefficient (Wildman–Crippen LogP) is 1.75. The predicted molar refractivity (Wildman–Crippen MR) is 78.8 cm³/mol. The molecule has 0 aliphatic rings. The Hall–Kier alpha value is -1.69. The summed E-state index contributed by atoms with van der Waals surface area (Å²) in [6, 6.07) is 1.26. The van der Waals surface area contributed by atoms with E-state index in [0.717, 1.165) is 16.6 Å². The van der Waals surface area contributed by atoms with Crippen LogP contribution in [0, 0.1) is 12.8 Å². The Morgan fingerprint density at radius 1 is 1.45 bits per heavy atom.